The molecule has 0 aromatic rings. The Morgan fingerprint density at radius 3 is 1.71 bits per heavy atom. The number of unbranched alkanes of at least 4 members (excludes halogenated alkanes) is 1. The lowest BCUT2D eigenvalue weighted by molar-refractivity contribution is -0.154. The fraction of sp³-hybridized carbons (Fsp3) is 0.821. The van der Waals surface area contributed by atoms with E-state index in [1.165, 1.54) is 12.8 Å². The van der Waals surface area contributed by atoms with Gasteiger partial charge in [0.2, 0.25) is 0 Å². The number of carbonyl (C=O) groups excluding carboxylic acids is 3. The van der Waals surface area contributed by atoms with E-state index in [9.17, 15) is 14.4 Å². The van der Waals surface area contributed by atoms with Gasteiger partial charge in [0.1, 0.15) is 0 Å². The third-order valence-electron chi connectivity index (χ3n) is 6.55. The van der Waals surface area contributed by atoms with Gasteiger partial charge in [-0.3, -0.25) is 9.59 Å². The van der Waals surface area contributed by atoms with Crippen LogP contribution in [0.3, 0.4) is 0 Å². The van der Waals surface area contributed by atoms with Gasteiger partial charge in [0, 0.05) is 6.08 Å². The van der Waals surface area contributed by atoms with Crippen molar-refractivity contribution < 1.29 is 28.6 Å². The summed E-state index contributed by atoms with van der Waals surface area (Å²) in [6.45, 7) is 18.7. The molecular weight excluding hydrogens is 432 g/mol. The Morgan fingerprint density at radius 1 is 0.676 bits per heavy atom. The second-order valence-electron chi connectivity index (χ2n) is 10.4. The highest BCUT2D eigenvalue weighted by molar-refractivity contribution is 5.81. The quantitative estimate of drug-likeness (QED) is 0.0903. The maximum Gasteiger partial charge on any atom is 0.330 e. The van der Waals surface area contributed by atoms with Gasteiger partial charge in [0.05, 0.1) is 31.2 Å². The Hall–Kier alpha value is -1.85. The zero-order valence-corrected chi connectivity index (χ0v) is 22.8. The summed E-state index contributed by atoms with van der Waals surface area (Å²) in [6.07, 6.45) is 7.87. The van der Waals surface area contributed by atoms with Crippen LogP contribution in [-0.2, 0) is 28.6 Å². The molecule has 0 fully saturated rings. The van der Waals surface area contributed by atoms with Crippen molar-refractivity contribution in [2.75, 3.05) is 13.2 Å². The average molecular weight is 483 g/mol. The Kier molecular flexibility index (Phi) is 17.5. The minimum Gasteiger partial charge on any atom is -0.465 e. The molecule has 6 nitrogen and oxygen atoms in total. The molecule has 0 aliphatic rings. The monoisotopic (exact) mass is 482 g/mol. The number of carbonyl (C=O) groups is 3. The van der Waals surface area contributed by atoms with Crippen LogP contribution in [0.5, 0.6) is 0 Å². The van der Waals surface area contributed by atoms with Crippen LogP contribution in [0, 0.1) is 29.6 Å². The fourth-order valence-corrected chi connectivity index (χ4v) is 3.52. The summed E-state index contributed by atoms with van der Waals surface area (Å²) in [4.78, 5) is 35.5. The predicted octanol–water partition coefficient (Wildman–Crippen LogP) is 6.51. The van der Waals surface area contributed by atoms with E-state index in [4.69, 9.17) is 14.2 Å². The van der Waals surface area contributed by atoms with Crippen molar-refractivity contribution in [1.82, 2.24) is 0 Å². The predicted molar refractivity (Wildman–Crippen MR) is 136 cm³/mol. The van der Waals surface area contributed by atoms with Gasteiger partial charge in [-0.25, -0.2) is 4.79 Å². The Labute approximate surface area is 208 Å². The van der Waals surface area contributed by atoms with E-state index in [0.717, 1.165) is 24.8 Å². The summed E-state index contributed by atoms with van der Waals surface area (Å²) >= 11 is 0. The summed E-state index contributed by atoms with van der Waals surface area (Å²) in [6, 6.07) is 0. The van der Waals surface area contributed by atoms with Crippen molar-refractivity contribution in [3.05, 3.63) is 12.7 Å². The van der Waals surface area contributed by atoms with Crippen molar-refractivity contribution in [1.29, 1.82) is 0 Å². The van der Waals surface area contributed by atoms with Crippen LogP contribution in [0.2, 0.25) is 0 Å². The smallest absolute Gasteiger partial charge is 0.330 e. The largest absolute Gasteiger partial charge is 0.465 e. The standard InChI is InChI=1S/C28H50O6/c1-9-26(29)32-18-10-11-19-33-27(30)23(6)14-15-24(7)28(31)34-25(8)17-16-22(5)21(4)13-12-20(2)3/h9,20-25H,1,10-19H2,2-8H3. The van der Waals surface area contributed by atoms with Gasteiger partial charge >= 0.3 is 17.9 Å². The molecule has 6 heteroatoms. The van der Waals surface area contributed by atoms with Crippen LogP contribution in [0.25, 0.3) is 0 Å². The third kappa shape index (κ3) is 15.9. The van der Waals surface area contributed by atoms with Gasteiger partial charge in [-0.05, 0) is 63.2 Å². The van der Waals surface area contributed by atoms with Crippen molar-refractivity contribution >= 4 is 17.9 Å². The lowest BCUT2D eigenvalue weighted by Crippen LogP contribution is -2.23. The van der Waals surface area contributed by atoms with E-state index in [0.29, 0.717) is 44.1 Å². The van der Waals surface area contributed by atoms with E-state index in [2.05, 4.69) is 34.3 Å². The summed E-state index contributed by atoms with van der Waals surface area (Å²) < 4.78 is 15.8. The van der Waals surface area contributed by atoms with Crippen LogP contribution < -0.4 is 0 Å². The first-order chi connectivity index (χ1) is 16.0. The first-order valence-electron chi connectivity index (χ1n) is 13.1. The van der Waals surface area contributed by atoms with Gasteiger partial charge in [-0.2, -0.15) is 0 Å². The molecule has 0 rings (SSSR count). The molecule has 0 heterocycles. The summed E-state index contributed by atoms with van der Waals surface area (Å²) in [5.41, 5.74) is 0. The first kappa shape index (κ1) is 32.1. The van der Waals surface area contributed by atoms with E-state index in [1.54, 1.807) is 0 Å². The molecule has 0 radical (unpaired) electrons. The topological polar surface area (TPSA) is 78.9 Å². The Bertz CT molecular complexity index is 600. The first-order valence-corrected chi connectivity index (χ1v) is 13.1. The molecule has 0 saturated heterocycles. The Balaban J connectivity index is 4.07. The molecule has 0 saturated carbocycles. The Morgan fingerprint density at radius 2 is 1.18 bits per heavy atom. The molecule has 0 aliphatic heterocycles. The molecule has 0 aliphatic carbocycles. The van der Waals surface area contributed by atoms with E-state index >= 15 is 0 Å². The molecule has 5 atom stereocenters. The molecule has 0 bridgehead atoms. The average Bonchev–Trinajstić information content (AvgIpc) is 2.80. The third-order valence-corrected chi connectivity index (χ3v) is 6.55. The minimum absolute atomic E-state index is 0.0946. The molecule has 5 unspecified atom stereocenters. The van der Waals surface area contributed by atoms with Gasteiger partial charge in [0.15, 0.2) is 0 Å². The molecule has 0 N–H and O–H groups in total. The lowest BCUT2D eigenvalue weighted by atomic mass is 9.86. The molecule has 0 aromatic heterocycles. The van der Waals surface area contributed by atoms with Gasteiger partial charge in [-0.15, -0.1) is 0 Å². The number of rotatable bonds is 19. The molecule has 34 heavy (non-hydrogen) atoms. The number of ether oxygens (including phenoxy) is 3. The highest BCUT2D eigenvalue weighted by atomic mass is 16.5. The normalized spacial score (nSPS) is 15.6. The molecule has 0 spiro atoms. The maximum absolute atomic E-state index is 12.5. The minimum atomic E-state index is -0.450. The number of esters is 3. The summed E-state index contributed by atoms with van der Waals surface area (Å²) in [7, 11) is 0. The van der Waals surface area contributed by atoms with Crippen molar-refractivity contribution in [2.24, 2.45) is 29.6 Å². The highest BCUT2D eigenvalue weighted by Gasteiger charge is 2.22. The van der Waals surface area contributed by atoms with Crippen molar-refractivity contribution in [2.45, 2.75) is 106 Å². The molecule has 0 aromatic carbocycles. The molecule has 0 amide bonds. The van der Waals surface area contributed by atoms with Gasteiger partial charge < -0.3 is 14.2 Å². The fourth-order valence-electron chi connectivity index (χ4n) is 3.52. The summed E-state index contributed by atoms with van der Waals surface area (Å²) in [5.74, 6) is 0.598. The van der Waals surface area contributed by atoms with Crippen LogP contribution in [0.4, 0.5) is 0 Å². The summed E-state index contributed by atoms with van der Waals surface area (Å²) in [5, 5.41) is 0. The van der Waals surface area contributed by atoms with E-state index < -0.39 is 5.97 Å². The second-order valence-corrected chi connectivity index (χ2v) is 10.4. The van der Waals surface area contributed by atoms with Crippen molar-refractivity contribution in [3.63, 3.8) is 0 Å². The number of hydrogen-bond acceptors (Lipinski definition) is 6. The zero-order chi connectivity index (χ0) is 26.1. The molecule has 198 valence electrons. The van der Waals surface area contributed by atoms with Gasteiger partial charge in [-0.1, -0.05) is 61.0 Å². The lowest BCUT2D eigenvalue weighted by Gasteiger charge is -2.23. The van der Waals surface area contributed by atoms with Crippen LogP contribution in [-0.4, -0.2) is 37.2 Å². The van der Waals surface area contributed by atoms with Crippen LogP contribution >= 0.6 is 0 Å². The van der Waals surface area contributed by atoms with E-state index in [1.807, 2.05) is 20.8 Å². The molecular formula is C28H50O6. The SMILES string of the molecule is C=CC(=O)OCCCCOC(=O)C(C)CCC(C)C(=O)OC(C)CCC(C)C(C)CCC(C)C. The number of hydrogen-bond donors (Lipinski definition) is 0. The van der Waals surface area contributed by atoms with Crippen molar-refractivity contribution in [3.8, 4) is 0 Å². The van der Waals surface area contributed by atoms with Crippen LogP contribution in [0.15, 0.2) is 12.7 Å². The second kappa shape index (κ2) is 18.5. The maximum atomic E-state index is 12.5. The van der Waals surface area contributed by atoms with Crippen LogP contribution in [0.1, 0.15) is 99.8 Å². The van der Waals surface area contributed by atoms with E-state index in [-0.39, 0.29) is 36.5 Å². The zero-order valence-electron chi connectivity index (χ0n) is 22.8. The van der Waals surface area contributed by atoms with Gasteiger partial charge in [0.25, 0.3) is 0 Å². The highest BCUT2D eigenvalue weighted by Crippen LogP contribution is 2.25.